The number of carbonyl (C=O) groups is 1. The van der Waals surface area contributed by atoms with Crippen molar-refractivity contribution in [3.63, 3.8) is 0 Å². The van der Waals surface area contributed by atoms with Gasteiger partial charge in [-0.1, -0.05) is 0 Å². The summed E-state index contributed by atoms with van der Waals surface area (Å²) in [5.74, 6) is 3.83. The van der Waals surface area contributed by atoms with Gasteiger partial charge >= 0.3 is 0 Å². The molecule has 0 aromatic heterocycles. The van der Waals surface area contributed by atoms with E-state index >= 15 is 0 Å². The zero-order chi connectivity index (χ0) is 14.4. The van der Waals surface area contributed by atoms with Crippen LogP contribution in [0.4, 0.5) is 0 Å². The van der Waals surface area contributed by atoms with E-state index in [2.05, 4.69) is 0 Å². The highest BCUT2D eigenvalue weighted by atomic mass is 32.2. The predicted molar refractivity (Wildman–Crippen MR) is 85.8 cm³/mol. The minimum absolute atomic E-state index is 0.204. The first-order valence-corrected chi connectivity index (χ1v) is 9.07. The summed E-state index contributed by atoms with van der Waals surface area (Å²) in [6.45, 7) is 0. The third-order valence-corrected chi connectivity index (χ3v) is 7.20. The molecule has 21 heavy (non-hydrogen) atoms. The summed E-state index contributed by atoms with van der Waals surface area (Å²) in [5.41, 5.74) is 0.727. The molecular formula is C18H22O2S. The summed E-state index contributed by atoms with van der Waals surface area (Å²) in [6, 6.07) is 6.67. The van der Waals surface area contributed by atoms with Crippen LogP contribution in [0.25, 0.3) is 0 Å². The SMILES string of the molecule is O=C(CSC12CC3CC(CC(C3)C1)C2)c1ccc(O)cc1. The number of phenols is 1. The van der Waals surface area contributed by atoms with Gasteiger partial charge in [0.05, 0.1) is 5.75 Å². The molecule has 4 fully saturated rings. The maximum atomic E-state index is 12.3. The summed E-state index contributed by atoms with van der Waals surface area (Å²) < 4.78 is 0.404. The van der Waals surface area contributed by atoms with Crippen LogP contribution in [0.5, 0.6) is 5.75 Å². The van der Waals surface area contributed by atoms with Gasteiger partial charge in [-0.25, -0.2) is 0 Å². The molecule has 5 rings (SSSR count). The number of thioether (sulfide) groups is 1. The van der Waals surface area contributed by atoms with Crippen molar-refractivity contribution >= 4 is 17.5 Å². The minimum Gasteiger partial charge on any atom is -0.508 e. The molecule has 0 radical (unpaired) electrons. The first-order valence-electron chi connectivity index (χ1n) is 8.08. The van der Waals surface area contributed by atoms with E-state index in [0.29, 0.717) is 10.5 Å². The number of hydrogen-bond acceptors (Lipinski definition) is 3. The van der Waals surface area contributed by atoms with Gasteiger partial charge in [-0.15, -0.1) is 11.8 Å². The molecule has 0 saturated heterocycles. The van der Waals surface area contributed by atoms with E-state index in [4.69, 9.17) is 0 Å². The Kier molecular flexibility index (Phi) is 3.29. The lowest BCUT2D eigenvalue weighted by Gasteiger charge is -2.56. The standard InChI is InChI=1S/C18H22O2S/c19-16-3-1-15(2-4-16)17(20)11-21-18-8-12-5-13(9-18)7-14(6-12)10-18/h1-4,12-14,19H,5-11H2. The van der Waals surface area contributed by atoms with Crippen LogP contribution in [-0.4, -0.2) is 21.4 Å². The molecule has 1 aromatic carbocycles. The lowest BCUT2D eigenvalue weighted by Crippen LogP contribution is -2.48. The van der Waals surface area contributed by atoms with Gasteiger partial charge in [0.2, 0.25) is 0 Å². The normalized spacial score (nSPS) is 36.9. The fourth-order valence-electron chi connectivity index (χ4n) is 5.16. The molecule has 0 unspecified atom stereocenters. The van der Waals surface area contributed by atoms with Crippen molar-refractivity contribution in [2.75, 3.05) is 5.75 Å². The van der Waals surface area contributed by atoms with E-state index < -0.39 is 0 Å². The molecule has 0 spiro atoms. The van der Waals surface area contributed by atoms with Gasteiger partial charge < -0.3 is 5.11 Å². The number of phenolic OH excluding ortho intramolecular Hbond substituents is 1. The molecule has 0 aliphatic heterocycles. The molecule has 4 bridgehead atoms. The summed E-state index contributed by atoms with van der Waals surface area (Å²) in [6.07, 6.45) is 8.37. The van der Waals surface area contributed by atoms with Crippen LogP contribution in [0.3, 0.4) is 0 Å². The maximum absolute atomic E-state index is 12.3. The molecule has 4 aliphatic carbocycles. The molecule has 4 aliphatic rings. The minimum atomic E-state index is 0.204. The molecule has 4 saturated carbocycles. The zero-order valence-corrected chi connectivity index (χ0v) is 13.1. The third kappa shape index (κ3) is 2.61. The number of benzene rings is 1. The number of aromatic hydroxyl groups is 1. The Balaban J connectivity index is 1.42. The molecule has 0 amide bonds. The predicted octanol–water partition coefficient (Wildman–Crippen LogP) is 4.28. The Morgan fingerprint density at radius 2 is 1.57 bits per heavy atom. The Hall–Kier alpha value is -0.960. The van der Waals surface area contributed by atoms with E-state index in [1.54, 1.807) is 24.3 Å². The van der Waals surface area contributed by atoms with Crippen LogP contribution < -0.4 is 0 Å². The molecule has 1 N–H and O–H groups in total. The van der Waals surface area contributed by atoms with Crippen molar-refractivity contribution in [1.29, 1.82) is 0 Å². The van der Waals surface area contributed by atoms with E-state index in [1.165, 1.54) is 38.5 Å². The first-order chi connectivity index (χ1) is 10.1. The number of ketones is 1. The Bertz CT molecular complexity index is 514. The second-order valence-electron chi connectivity index (χ2n) is 7.36. The highest BCUT2D eigenvalue weighted by Gasteiger charge is 2.51. The van der Waals surface area contributed by atoms with Gasteiger partial charge in [-0.2, -0.15) is 0 Å². The van der Waals surface area contributed by atoms with Gasteiger partial charge in [-0.05, 0) is 80.5 Å². The van der Waals surface area contributed by atoms with E-state index in [9.17, 15) is 9.90 Å². The fourth-order valence-corrected chi connectivity index (χ4v) is 6.82. The second-order valence-corrected chi connectivity index (χ2v) is 8.80. The van der Waals surface area contributed by atoms with Crippen LogP contribution in [0.1, 0.15) is 48.9 Å². The molecular weight excluding hydrogens is 280 g/mol. The molecule has 2 nitrogen and oxygen atoms in total. The van der Waals surface area contributed by atoms with Crippen molar-refractivity contribution in [2.45, 2.75) is 43.3 Å². The molecule has 0 heterocycles. The quantitative estimate of drug-likeness (QED) is 0.844. The Morgan fingerprint density at radius 3 is 2.10 bits per heavy atom. The third-order valence-electron chi connectivity index (χ3n) is 5.68. The summed E-state index contributed by atoms with van der Waals surface area (Å²) in [5, 5.41) is 9.31. The van der Waals surface area contributed by atoms with Gasteiger partial charge in [0.1, 0.15) is 5.75 Å². The Morgan fingerprint density at radius 1 is 1.05 bits per heavy atom. The van der Waals surface area contributed by atoms with Gasteiger partial charge in [0.25, 0.3) is 0 Å². The summed E-state index contributed by atoms with van der Waals surface area (Å²) in [7, 11) is 0. The summed E-state index contributed by atoms with van der Waals surface area (Å²) in [4.78, 5) is 12.3. The van der Waals surface area contributed by atoms with Crippen molar-refractivity contribution in [3.05, 3.63) is 29.8 Å². The van der Waals surface area contributed by atoms with Crippen molar-refractivity contribution < 1.29 is 9.90 Å². The monoisotopic (exact) mass is 302 g/mol. The topological polar surface area (TPSA) is 37.3 Å². The lowest BCUT2D eigenvalue weighted by molar-refractivity contribution is 0.0383. The smallest absolute Gasteiger partial charge is 0.172 e. The number of rotatable bonds is 4. The van der Waals surface area contributed by atoms with Gasteiger partial charge in [-0.3, -0.25) is 4.79 Å². The number of carbonyl (C=O) groups excluding carboxylic acids is 1. The highest BCUT2D eigenvalue weighted by Crippen LogP contribution is 2.60. The number of Topliss-reactive ketones (excluding diaryl/α,β-unsaturated/α-hetero) is 1. The van der Waals surface area contributed by atoms with Crippen molar-refractivity contribution in [1.82, 2.24) is 0 Å². The van der Waals surface area contributed by atoms with Gasteiger partial charge in [0, 0.05) is 10.3 Å². The first kappa shape index (κ1) is 13.7. The van der Waals surface area contributed by atoms with Crippen molar-refractivity contribution in [2.24, 2.45) is 17.8 Å². The molecule has 112 valence electrons. The van der Waals surface area contributed by atoms with Crippen LogP contribution in [0.2, 0.25) is 0 Å². The van der Waals surface area contributed by atoms with Crippen LogP contribution in [0, 0.1) is 17.8 Å². The van der Waals surface area contributed by atoms with Crippen LogP contribution >= 0.6 is 11.8 Å². The van der Waals surface area contributed by atoms with Crippen LogP contribution in [0.15, 0.2) is 24.3 Å². The van der Waals surface area contributed by atoms with E-state index in [0.717, 1.165) is 23.3 Å². The van der Waals surface area contributed by atoms with E-state index in [-0.39, 0.29) is 11.5 Å². The highest BCUT2D eigenvalue weighted by molar-refractivity contribution is 8.01. The Labute approximate surface area is 130 Å². The lowest BCUT2D eigenvalue weighted by atomic mass is 9.56. The fraction of sp³-hybridized carbons (Fsp3) is 0.611. The molecule has 1 aromatic rings. The van der Waals surface area contributed by atoms with Crippen molar-refractivity contribution in [3.8, 4) is 5.75 Å². The molecule has 0 atom stereocenters. The second kappa shape index (κ2) is 5.05. The van der Waals surface area contributed by atoms with Gasteiger partial charge in [0.15, 0.2) is 5.78 Å². The average Bonchev–Trinajstić information content (AvgIpc) is 2.44. The largest absolute Gasteiger partial charge is 0.508 e. The molecule has 3 heteroatoms. The zero-order valence-electron chi connectivity index (χ0n) is 12.3. The number of hydrogen-bond donors (Lipinski definition) is 1. The summed E-state index contributed by atoms with van der Waals surface area (Å²) >= 11 is 1.93. The average molecular weight is 302 g/mol. The van der Waals surface area contributed by atoms with E-state index in [1.807, 2.05) is 11.8 Å². The van der Waals surface area contributed by atoms with Crippen LogP contribution in [-0.2, 0) is 0 Å². The maximum Gasteiger partial charge on any atom is 0.172 e.